The Hall–Kier alpha value is -3.56. The smallest absolute Gasteiger partial charge is 0.255 e. The molecule has 6 atom stereocenters. The third-order valence-corrected chi connectivity index (χ3v) is 9.79. The molecular formula is C39H49N3O5. The van der Waals surface area contributed by atoms with Crippen molar-refractivity contribution in [2.75, 3.05) is 11.9 Å². The fourth-order valence-electron chi connectivity index (χ4n) is 7.55. The van der Waals surface area contributed by atoms with E-state index in [1.807, 2.05) is 87.5 Å². The third-order valence-electron chi connectivity index (χ3n) is 9.79. The average molecular weight is 640 g/mol. The molecule has 250 valence electrons. The first-order chi connectivity index (χ1) is 22.7. The van der Waals surface area contributed by atoms with Crippen LogP contribution in [0.1, 0.15) is 105 Å². The van der Waals surface area contributed by atoms with Gasteiger partial charge in [-0.2, -0.15) is 0 Å². The van der Waals surface area contributed by atoms with Crippen LogP contribution in [0.3, 0.4) is 0 Å². The predicted molar refractivity (Wildman–Crippen MR) is 183 cm³/mol. The SMILES string of the molecule is CC(C)(C)NC(=O)[C@H]1CC[C@H]2CCCC[C@H]2N1C[C@H]1C[C@@H](c2ccc(CO)cc2)O[C@@H](c2cccc(NC(=O)c3ccccc3)c2)O1. The normalized spacial score (nSPS) is 26.6. The van der Waals surface area contributed by atoms with E-state index >= 15 is 0 Å². The highest BCUT2D eigenvalue weighted by Gasteiger charge is 2.44. The van der Waals surface area contributed by atoms with E-state index in [-0.39, 0.29) is 42.2 Å². The molecule has 0 radical (unpaired) electrons. The van der Waals surface area contributed by atoms with Crippen LogP contribution in [0.15, 0.2) is 78.9 Å². The first-order valence-corrected chi connectivity index (χ1v) is 17.2. The number of aliphatic hydroxyl groups is 1. The number of nitrogens with one attached hydrogen (secondary N) is 2. The van der Waals surface area contributed by atoms with Gasteiger partial charge in [-0.05, 0) is 87.8 Å². The lowest BCUT2D eigenvalue weighted by atomic mass is 9.75. The monoisotopic (exact) mass is 639 g/mol. The first-order valence-electron chi connectivity index (χ1n) is 17.2. The molecule has 47 heavy (non-hydrogen) atoms. The second-order valence-electron chi connectivity index (χ2n) is 14.4. The number of nitrogens with zero attached hydrogens (tertiary/aromatic N) is 1. The fourth-order valence-corrected chi connectivity index (χ4v) is 7.55. The van der Waals surface area contributed by atoms with E-state index in [0.29, 0.717) is 36.2 Å². The second-order valence-corrected chi connectivity index (χ2v) is 14.4. The molecule has 1 aliphatic carbocycles. The lowest BCUT2D eigenvalue weighted by molar-refractivity contribution is -0.255. The number of fused-ring (bicyclic) bond motifs is 1. The summed E-state index contributed by atoms with van der Waals surface area (Å²) in [6, 6.07) is 24.9. The minimum Gasteiger partial charge on any atom is -0.392 e. The van der Waals surface area contributed by atoms with Crippen LogP contribution in [0.2, 0.25) is 0 Å². The number of benzene rings is 3. The van der Waals surface area contributed by atoms with Crippen molar-refractivity contribution < 1.29 is 24.2 Å². The molecule has 2 heterocycles. The van der Waals surface area contributed by atoms with Crippen molar-refractivity contribution >= 4 is 17.5 Å². The molecule has 6 rings (SSSR count). The Morgan fingerprint density at radius 3 is 2.38 bits per heavy atom. The van der Waals surface area contributed by atoms with E-state index in [9.17, 15) is 14.7 Å². The van der Waals surface area contributed by atoms with Gasteiger partial charge in [0.2, 0.25) is 5.91 Å². The number of carbonyl (C=O) groups is 2. The zero-order chi connectivity index (χ0) is 33.0. The van der Waals surface area contributed by atoms with E-state index < -0.39 is 6.29 Å². The number of rotatable bonds is 8. The van der Waals surface area contributed by atoms with Gasteiger partial charge in [-0.25, -0.2) is 0 Å². The summed E-state index contributed by atoms with van der Waals surface area (Å²) in [5.41, 5.74) is 3.62. The van der Waals surface area contributed by atoms with E-state index in [2.05, 4.69) is 15.5 Å². The molecule has 3 aliphatic rings. The van der Waals surface area contributed by atoms with Crippen molar-refractivity contribution in [2.45, 2.75) is 108 Å². The quantitative estimate of drug-likeness (QED) is 0.248. The maximum Gasteiger partial charge on any atom is 0.255 e. The Bertz CT molecular complexity index is 1500. The van der Waals surface area contributed by atoms with Crippen molar-refractivity contribution in [2.24, 2.45) is 5.92 Å². The van der Waals surface area contributed by atoms with E-state index in [1.54, 1.807) is 12.1 Å². The molecule has 8 nitrogen and oxygen atoms in total. The summed E-state index contributed by atoms with van der Waals surface area (Å²) in [6.45, 7) is 6.74. The van der Waals surface area contributed by atoms with Gasteiger partial charge in [0, 0.05) is 41.4 Å². The molecule has 3 aromatic rings. The zero-order valence-corrected chi connectivity index (χ0v) is 27.9. The van der Waals surface area contributed by atoms with Crippen LogP contribution in [0.5, 0.6) is 0 Å². The van der Waals surface area contributed by atoms with E-state index in [0.717, 1.165) is 36.0 Å². The van der Waals surface area contributed by atoms with Crippen molar-refractivity contribution in [3.63, 3.8) is 0 Å². The number of piperidine rings is 1. The lowest BCUT2D eigenvalue weighted by Gasteiger charge is -2.50. The minimum atomic E-state index is -0.668. The van der Waals surface area contributed by atoms with Crippen molar-refractivity contribution in [3.05, 3.63) is 101 Å². The van der Waals surface area contributed by atoms with Gasteiger partial charge in [0.25, 0.3) is 5.91 Å². The Morgan fingerprint density at radius 2 is 1.64 bits per heavy atom. The Labute approximate surface area is 278 Å². The number of ether oxygens (including phenoxy) is 2. The van der Waals surface area contributed by atoms with Gasteiger partial charge < -0.3 is 25.2 Å². The molecular weight excluding hydrogens is 590 g/mol. The van der Waals surface area contributed by atoms with Crippen LogP contribution in [0.25, 0.3) is 0 Å². The summed E-state index contributed by atoms with van der Waals surface area (Å²) < 4.78 is 13.4. The van der Waals surface area contributed by atoms with Gasteiger partial charge in [0.15, 0.2) is 6.29 Å². The number of carbonyl (C=O) groups excluding carboxylic acids is 2. The summed E-state index contributed by atoms with van der Waals surface area (Å²) in [6.07, 6.45) is 6.23. The van der Waals surface area contributed by atoms with Gasteiger partial charge in [-0.3, -0.25) is 14.5 Å². The van der Waals surface area contributed by atoms with E-state index in [1.165, 1.54) is 19.3 Å². The van der Waals surface area contributed by atoms with Crippen LogP contribution in [-0.2, 0) is 20.9 Å². The van der Waals surface area contributed by atoms with Gasteiger partial charge in [-0.15, -0.1) is 0 Å². The number of hydrogen-bond donors (Lipinski definition) is 3. The molecule has 2 amide bonds. The molecule has 0 spiro atoms. The highest BCUT2D eigenvalue weighted by molar-refractivity contribution is 6.04. The molecule has 0 bridgehead atoms. The van der Waals surface area contributed by atoms with Crippen LogP contribution in [0.4, 0.5) is 5.69 Å². The first kappa shape index (κ1) is 33.3. The average Bonchev–Trinajstić information content (AvgIpc) is 3.08. The summed E-state index contributed by atoms with van der Waals surface area (Å²) in [5.74, 6) is 0.521. The minimum absolute atomic E-state index is 0.0167. The van der Waals surface area contributed by atoms with Gasteiger partial charge in [-0.1, -0.05) is 67.4 Å². The topological polar surface area (TPSA) is 100 Å². The second kappa shape index (κ2) is 14.7. The number of amides is 2. The molecule has 3 fully saturated rings. The van der Waals surface area contributed by atoms with Crippen LogP contribution in [0, 0.1) is 5.92 Å². The molecule has 3 aromatic carbocycles. The largest absolute Gasteiger partial charge is 0.392 e. The molecule has 8 heteroatoms. The molecule has 0 aromatic heterocycles. The summed E-state index contributed by atoms with van der Waals surface area (Å²) >= 11 is 0. The lowest BCUT2D eigenvalue weighted by Crippen LogP contribution is -2.61. The maximum atomic E-state index is 13.7. The fraction of sp³-hybridized carbons (Fsp3) is 0.487. The standard InChI is InChI=1S/C39H49N3O5/c1-39(2,3)41-37(45)34-21-20-27-10-7-8-15-33(27)42(34)24-32-23-35(28-18-16-26(25-43)17-19-28)47-38(46-32)30-13-9-14-31(22-30)40-36(44)29-11-5-4-6-12-29/h4-6,9,11-14,16-19,22,27,32-35,38,43H,7-8,10,15,20-21,23-25H2,1-3H3,(H,40,44)(H,41,45)/t27-,32-,33-,34-,35+,38+/m1/s1. The summed E-state index contributed by atoms with van der Waals surface area (Å²) in [7, 11) is 0. The molecule has 2 aliphatic heterocycles. The van der Waals surface area contributed by atoms with Gasteiger partial charge >= 0.3 is 0 Å². The highest BCUT2D eigenvalue weighted by atomic mass is 16.7. The summed E-state index contributed by atoms with van der Waals surface area (Å²) in [5, 5.41) is 15.9. The van der Waals surface area contributed by atoms with Gasteiger partial charge in [0.05, 0.1) is 24.9 Å². The Morgan fingerprint density at radius 1 is 0.872 bits per heavy atom. The molecule has 1 saturated carbocycles. The number of anilines is 1. The molecule has 2 saturated heterocycles. The van der Waals surface area contributed by atoms with Crippen LogP contribution < -0.4 is 10.6 Å². The number of aliphatic hydroxyl groups excluding tert-OH is 1. The van der Waals surface area contributed by atoms with Crippen LogP contribution in [-0.4, -0.2) is 52.1 Å². The highest BCUT2D eigenvalue weighted by Crippen LogP contribution is 2.42. The van der Waals surface area contributed by atoms with Crippen LogP contribution >= 0.6 is 0 Å². The summed E-state index contributed by atoms with van der Waals surface area (Å²) in [4.78, 5) is 29.1. The predicted octanol–water partition coefficient (Wildman–Crippen LogP) is 6.91. The number of hydrogen-bond acceptors (Lipinski definition) is 6. The molecule has 0 unspecified atom stereocenters. The third kappa shape index (κ3) is 8.30. The van der Waals surface area contributed by atoms with E-state index in [4.69, 9.17) is 9.47 Å². The van der Waals surface area contributed by atoms with Crippen molar-refractivity contribution in [1.82, 2.24) is 10.2 Å². The molecule has 3 N–H and O–H groups in total. The Kier molecular flexibility index (Phi) is 10.4. The van der Waals surface area contributed by atoms with Crippen molar-refractivity contribution in [3.8, 4) is 0 Å². The Balaban J connectivity index is 1.27. The zero-order valence-electron chi connectivity index (χ0n) is 27.9. The number of likely N-dealkylation sites (tertiary alicyclic amines) is 1. The maximum absolute atomic E-state index is 13.7. The van der Waals surface area contributed by atoms with Gasteiger partial charge in [0.1, 0.15) is 0 Å². The van der Waals surface area contributed by atoms with Crippen molar-refractivity contribution in [1.29, 1.82) is 0 Å².